The van der Waals surface area contributed by atoms with Gasteiger partial charge in [-0.15, -0.1) is 0 Å². The Hall–Kier alpha value is -2.38. The van der Waals surface area contributed by atoms with Crippen molar-refractivity contribution in [1.29, 1.82) is 0 Å². The fourth-order valence-electron chi connectivity index (χ4n) is 1.91. The van der Waals surface area contributed by atoms with E-state index in [1.165, 1.54) is 18.5 Å². The van der Waals surface area contributed by atoms with Crippen molar-refractivity contribution in [2.45, 2.75) is 32.0 Å². The number of nitrogens with one attached hydrogen (secondary N) is 1. The normalized spacial score (nSPS) is 12.9. The van der Waals surface area contributed by atoms with E-state index in [0.717, 1.165) is 24.1 Å². The lowest BCUT2D eigenvalue weighted by Gasteiger charge is -2.14. The van der Waals surface area contributed by atoms with Crippen LogP contribution in [0.4, 0.5) is 25.1 Å². The first-order valence-corrected chi connectivity index (χ1v) is 6.72. The zero-order chi connectivity index (χ0) is 16.2. The quantitative estimate of drug-likeness (QED) is 0.888. The zero-order valence-corrected chi connectivity index (χ0v) is 11.9. The number of aromatic nitrogens is 3. The second-order valence-electron chi connectivity index (χ2n) is 4.95. The van der Waals surface area contributed by atoms with Crippen molar-refractivity contribution in [3.63, 3.8) is 0 Å². The van der Waals surface area contributed by atoms with Crippen molar-refractivity contribution in [1.82, 2.24) is 15.0 Å². The summed E-state index contributed by atoms with van der Waals surface area (Å²) >= 11 is 0. The Kier molecular flexibility index (Phi) is 4.79. The molecule has 0 aliphatic rings. The van der Waals surface area contributed by atoms with Gasteiger partial charge < -0.3 is 11.1 Å². The first-order chi connectivity index (χ1) is 10.3. The minimum absolute atomic E-state index is 0.0455. The van der Waals surface area contributed by atoms with E-state index in [-0.39, 0.29) is 12.0 Å². The minimum atomic E-state index is -4.30. The maximum absolute atomic E-state index is 12.5. The van der Waals surface area contributed by atoms with E-state index < -0.39 is 11.7 Å². The summed E-state index contributed by atoms with van der Waals surface area (Å²) in [4.78, 5) is 11.6. The summed E-state index contributed by atoms with van der Waals surface area (Å²) in [6.45, 7) is 1.93. The Morgan fingerprint density at radius 1 is 1.18 bits per heavy atom. The summed E-state index contributed by atoms with van der Waals surface area (Å²) in [5.41, 5.74) is 5.66. The van der Waals surface area contributed by atoms with Gasteiger partial charge in [0.2, 0.25) is 11.9 Å². The lowest BCUT2D eigenvalue weighted by atomic mass is 10.0. The molecule has 22 heavy (non-hydrogen) atoms. The molecular weight excluding hydrogens is 295 g/mol. The minimum Gasteiger partial charge on any atom is -0.368 e. The van der Waals surface area contributed by atoms with Crippen LogP contribution in [-0.2, 0) is 12.6 Å². The third-order valence-electron chi connectivity index (χ3n) is 3.11. The standard InChI is InChI=1S/C14H16F3N5/c1-9(21-13-20-8-19-12(18)22-13)2-3-10-4-6-11(7-5-10)14(15,16)17/h4-9H,2-3H2,1H3,(H3,18,19,20,21,22). The highest BCUT2D eigenvalue weighted by atomic mass is 19.4. The topological polar surface area (TPSA) is 76.7 Å². The molecule has 8 heteroatoms. The zero-order valence-electron chi connectivity index (χ0n) is 11.9. The van der Waals surface area contributed by atoms with Crippen molar-refractivity contribution >= 4 is 11.9 Å². The van der Waals surface area contributed by atoms with E-state index in [2.05, 4.69) is 20.3 Å². The average molecular weight is 311 g/mol. The highest BCUT2D eigenvalue weighted by molar-refractivity contribution is 5.30. The summed E-state index contributed by atoms with van der Waals surface area (Å²) in [7, 11) is 0. The van der Waals surface area contributed by atoms with E-state index in [9.17, 15) is 13.2 Å². The summed E-state index contributed by atoms with van der Waals surface area (Å²) in [5, 5.41) is 3.07. The second kappa shape index (κ2) is 6.59. The Balaban J connectivity index is 1.87. The first kappa shape index (κ1) is 16.0. The van der Waals surface area contributed by atoms with E-state index in [1.54, 1.807) is 0 Å². The molecule has 1 atom stereocenters. The average Bonchev–Trinajstić information content (AvgIpc) is 2.45. The van der Waals surface area contributed by atoms with Gasteiger partial charge in [-0.1, -0.05) is 12.1 Å². The van der Waals surface area contributed by atoms with Crippen LogP contribution in [0.3, 0.4) is 0 Å². The van der Waals surface area contributed by atoms with Crippen LogP contribution in [0.15, 0.2) is 30.6 Å². The predicted octanol–water partition coefficient (Wildman–Crippen LogP) is 2.91. The molecule has 1 aromatic heterocycles. The van der Waals surface area contributed by atoms with Gasteiger partial charge >= 0.3 is 6.18 Å². The monoisotopic (exact) mass is 311 g/mol. The molecule has 0 aliphatic heterocycles. The Bertz CT molecular complexity index is 613. The third-order valence-corrected chi connectivity index (χ3v) is 3.11. The molecule has 1 aromatic carbocycles. The van der Waals surface area contributed by atoms with Gasteiger partial charge in [0.25, 0.3) is 0 Å². The number of nitrogens with two attached hydrogens (primary N) is 1. The smallest absolute Gasteiger partial charge is 0.368 e. The van der Waals surface area contributed by atoms with Crippen molar-refractivity contribution in [2.24, 2.45) is 0 Å². The summed E-state index contributed by atoms with van der Waals surface area (Å²) < 4.78 is 37.4. The van der Waals surface area contributed by atoms with Gasteiger partial charge in [0.05, 0.1) is 5.56 Å². The van der Waals surface area contributed by atoms with Crippen LogP contribution in [-0.4, -0.2) is 21.0 Å². The number of nitrogens with zero attached hydrogens (tertiary/aromatic N) is 3. The van der Waals surface area contributed by atoms with Crippen molar-refractivity contribution < 1.29 is 13.2 Å². The number of hydrogen-bond donors (Lipinski definition) is 2. The van der Waals surface area contributed by atoms with E-state index in [4.69, 9.17) is 5.73 Å². The van der Waals surface area contributed by atoms with Gasteiger partial charge in [0.15, 0.2) is 0 Å². The van der Waals surface area contributed by atoms with Crippen molar-refractivity contribution in [3.05, 3.63) is 41.7 Å². The fraction of sp³-hybridized carbons (Fsp3) is 0.357. The predicted molar refractivity (Wildman–Crippen MR) is 77.1 cm³/mol. The van der Waals surface area contributed by atoms with Gasteiger partial charge in [-0.05, 0) is 37.5 Å². The Morgan fingerprint density at radius 3 is 2.45 bits per heavy atom. The molecule has 0 saturated heterocycles. The molecule has 0 spiro atoms. The van der Waals surface area contributed by atoms with E-state index in [0.29, 0.717) is 12.4 Å². The number of anilines is 2. The Morgan fingerprint density at radius 2 is 1.86 bits per heavy atom. The van der Waals surface area contributed by atoms with Crippen LogP contribution in [0.1, 0.15) is 24.5 Å². The van der Waals surface area contributed by atoms with E-state index in [1.807, 2.05) is 6.92 Å². The van der Waals surface area contributed by atoms with Crippen LogP contribution < -0.4 is 11.1 Å². The number of halogens is 3. The lowest BCUT2D eigenvalue weighted by molar-refractivity contribution is -0.137. The molecule has 0 radical (unpaired) electrons. The fourth-order valence-corrected chi connectivity index (χ4v) is 1.91. The summed E-state index contributed by atoms with van der Waals surface area (Å²) in [5.74, 6) is 0.514. The van der Waals surface area contributed by atoms with Crippen LogP contribution in [0, 0.1) is 0 Å². The third kappa shape index (κ3) is 4.57. The van der Waals surface area contributed by atoms with Gasteiger partial charge in [0, 0.05) is 6.04 Å². The SMILES string of the molecule is CC(CCc1ccc(C(F)(F)F)cc1)Nc1ncnc(N)n1. The molecule has 2 aromatic rings. The molecule has 0 bridgehead atoms. The molecule has 0 aliphatic carbocycles. The van der Waals surface area contributed by atoms with Gasteiger partial charge in [-0.2, -0.15) is 18.2 Å². The highest BCUT2D eigenvalue weighted by Crippen LogP contribution is 2.29. The maximum atomic E-state index is 12.5. The molecule has 0 amide bonds. The van der Waals surface area contributed by atoms with Crippen LogP contribution >= 0.6 is 0 Å². The molecule has 0 fully saturated rings. The molecular formula is C14H16F3N5. The van der Waals surface area contributed by atoms with Crippen LogP contribution in [0.2, 0.25) is 0 Å². The number of nitrogen functional groups attached to an aromatic ring is 1. The number of hydrogen-bond acceptors (Lipinski definition) is 5. The van der Waals surface area contributed by atoms with Gasteiger partial charge in [-0.3, -0.25) is 0 Å². The van der Waals surface area contributed by atoms with E-state index >= 15 is 0 Å². The largest absolute Gasteiger partial charge is 0.416 e. The molecule has 1 heterocycles. The van der Waals surface area contributed by atoms with Crippen molar-refractivity contribution in [3.8, 4) is 0 Å². The number of rotatable bonds is 5. The lowest BCUT2D eigenvalue weighted by Crippen LogP contribution is -2.18. The Labute approximate surface area is 125 Å². The number of alkyl halides is 3. The van der Waals surface area contributed by atoms with Crippen LogP contribution in [0.25, 0.3) is 0 Å². The van der Waals surface area contributed by atoms with Gasteiger partial charge in [-0.25, -0.2) is 9.97 Å². The van der Waals surface area contributed by atoms with Gasteiger partial charge in [0.1, 0.15) is 6.33 Å². The van der Waals surface area contributed by atoms with Crippen LogP contribution in [0.5, 0.6) is 0 Å². The number of aryl methyl sites for hydroxylation is 1. The van der Waals surface area contributed by atoms with Crippen molar-refractivity contribution in [2.75, 3.05) is 11.1 Å². The summed E-state index contributed by atoms with van der Waals surface area (Å²) in [6, 6.07) is 5.23. The molecule has 118 valence electrons. The number of benzene rings is 1. The molecule has 5 nitrogen and oxygen atoms in total. The molecule has 0 saturated carbocycles. The first-order valence-electron chi connectivity index (χ1n) is 6.72. The molecule has 1 unspecified atom stereocenters. The maximum Gasteiger partial charge on any atom is 0.416 e. The second-order valence-corrected chi connectivity index (χ2v) is 4.95. The highest BCUT2D eigenvalue weighted by Gasteiger charge is 2.29. The molecule has 3 N–H and O–H groups in total. The molecule has 2 rings (SSSR count). The summed E-state index contributed by atoms with van der Waals surface area (Å²) in [6.07, 6.45) is -1.62.